The molecule has 2 atom stereocenters. The molecule has 1 amide bonds. The quantitative estimate of drug-likeness (QED) is 0.814. The Morgan fingerprint density at radius 1 is 1.19 bits per heavy atom. The third-order valence-electron chi connectivity index (χ3n) is 5.15. The smallest absolute Gasteiger partial charge is 0.247 e. The number of methoxy groups -OCH3 is 2. The summed E-state index contributed by atoms with van der Waals surface area (Å²) in [5.74, 6) is 0.204. The molecule has 150 valence electrons. The summed E-state index contributed by atoms with van der Waals surface area (Å²) in [7, 11) is -1.01. The van der Waals surface area contributed by atoms with Crippen LogP contribution in [0.15, 0.2) is 23.1 Å². The number of ether oxygens (including phenoxy) is 3. The second-order valence-electron chi connectivity index (χ2n) is 6.64. The minimum Gasteiger partial charge on any atom is -0.497 e. The van der Waals surface area contributed by atoms with Crippen molar-refractivity contribution in [3.05, 3.63) is 18.2 Å². The van der Waals surface area contributed by atoms with Gasteiger partial charge in [0.2, 0.25) is 15.9 Å². The van der Waals surface area contributed by atoms with Crippen LogP contribution in [0.1, 0.15) is 19.3 Å². The number of carbonyl (C=O) groups excluding carboxylic acids is 1. The molecule has 1 aromatic rings. The first-order valence-electron chi connectivity index (χ1n) is 9.08. The Hall–Kier alpha value is -1.84. The Morgan fingerprint density at radius 2 is 2.00 bits per heavy atom. The van der Waals surface area contributed by atoms with E-state index >= 15 is 0 Å². The fourth-order valence-corrected chi connectivity index (χ4v) is 5.65. The molecule has 1 heterocycles. The molecule has 1 aliphatic heterocycles. The van der Waals surface area contributed by atoms with Crippen LogP contribution in [0, 0.1) is 5.92 Å². The van der Waals surface area contributed by atoms with Gasteiger partial charge in [0.25, 0.3) is 0 Å². The molecule has 1 aromatic carbocycles. The van der Waals surface area contributed by atoms with E-state index in [-0.39, 0.29) is 35.6 Å². The summed E-state index contributed by atoms with van der Waals surface area (Å²) < 4.78 is 44.5. The highest BCUT2D eigenvalue weighted by atomic mass is 32.2. The van der Waals surface area contributed by atoms with Crippen LogP contribution in [0.2, 0.25) is 0 Å². The van der Waals surface area contributed by atoms with Gasteiger partial charge in [0.15, 0.2) is 0 Å². The van der Waals surface area contributed by atoms with E-state index in [1.54, 1.807) is 12.1 Å². The minimum atomic E-state index is -3.91. The van der Waals surface area contributed by atoms with Gasteiger partial charge >= 0.3 is 0 Å². The number of rotatable bonds is 4. The molecule has 0 spiro atoms. The van der Waals surface area contributed by atoms with Crippen LogP contribution in [0.3, 0.4) is 0 Å². The van der Waals surface area contributed by atoms with Crippen molar-refractivity contribution in [3.63, 3.8) is 0 Å². The maximum Gasteiger partial charge on any atom is 0.247 e. The molecule has 1 N–H and O–H groups in total. The summed E-state index contributed by atoms with van der Waals surface area (Å²) in [4.78, 5) is 12.5. The molecule has 2 aliphatic rings. The molecular weight excluding hydrogens is 372 g/mol. The van der Waals surface area contributed by atoms with E-state index in [0.29, 0.717) is 31.7 Å². The Morgan fingerprint density at radius 3 is 2.74 bits per heavy atom. The highest BCUT2D eigenvalue weighted by Crippen LogP contribution is 2.37. The maximum absolute atomic E-state index is 13.6. The molecule has 27 heavy (non-hydrogen) atoms. The molecular formula is C18H26N2O6S. The van der Waals surface area contributed by atoms with Crippen molar-refractivity contribution in [2.75, 3.05) is 40.5 Å². The standard InChI is InChI=1S/C18H26N2O6S/c1-24-13-6-7-16(25-2)17(12-13)27(22,23)20-9-11-26-10-8-19-18(21)14-4-3-5-15(14)20/h6-7,12,14-15H,3-5,8-11H2,1-2H3,(H,19,21)/t14-,15+/m1/s1. The van der Waals surface area contributed by atoms with E-state index in [1.807, 2.05) is 0 Å². The van der Waals surface area contributed by atoms with Crippen molar-refractivity contribution in [2.24, 2.45) is 5.92 Å². The van der Waals surface area contributed by atoms with E-state index in [4.69, 9.17) is 14.2 Å². The second-order valence-corrected chi connectivity index (χ2v) is 8.50. The van der Waals surface area contributed by atoms with Gasteiger partial charge in [0.1, 0.15) is 16.4 Å². The number of benzene rings is 1. The van der Waals surface area contributed by atoms with E-state index in [0.717, 1.165) is 6.42 Å². The number of nitrogens with zero attached hydrogens (tertiary/aromatic N) is 1. The lowest BCUT2D eigenvalue weighted by Gasteiger charge is -2.33. The summed E-state index contributed by atoms with van der Waals surface area (Å²) in [6.45, 7) is 1.26. The van der Waals surface area contributed by atoms with E-state index in [9.17, 15) is 13.2 Å². The van der Waals surface area contributed by atoms with Crippen molar-refractivity contribution in [1.29, 1.82) is 0 Å². The van der Waals surface area contributed by atoms with Gasteiger partial charge in [-0.2, -0.15) is 4.31 Å². The fourth-order valence-electron chi connectivity index (χ4n) is 3.80. The van der Waals surface area contributed by atoms with Crippen LogP contribution in [0.4, 0.5) is 0 Å². The lowest BCUT2D eigenvalue weighted by atomic mass is 10.0. The van der Waals surface area contributed by atoms with Gasteiger partial charge in [0.05, 0.1) is 33.4 Å². The third-order valence-corrected chi connectivity index (χ3v) is 7.09. The normalized spacial score (nSPS) is 24.7. The highest BCUT2D eigenvalue weighted by Gasteiger charge is 2.43. The Kier molecular flexibility index (Phi) is 6.23. The molecule has 1 saturated carbocycles. The number of hydrogen-bond donors (Lipinski definition) is 1. The number of sulfonamides is 1. The Bertz CT molecular complexity index is 782. The zero-order chi connectivity index (χ0) is 19.4. The van der Waals surface area contributed by atoms with E-state index in [2.05, 4.69) is 5.32 Å². The maximum atomic E-state index is 13.6. The van der Waals surface area contributed by atoms with E-state index in [1.165, 1.54) is 24.6 Å². The van der Waals surface area contributed by atoms with Crippen molar-refractivity contribution >= 4 is 15.9 Å². The first kappa shape index (κ1) is 19.9. The SMILES string of the molecule is COc1ccc(OC)c(S(=O)(=O)N2CCOCCNC(=O)[C@@H]3CCC[C@@H]32)c1. The van der Waals surface area contributed by atoms with Gasteiger partial charge in [-0.3, -0.25) is 4.79 Å². The molecule has 3 rings (SSSR count). The van der Waals surface area contributed by atoms with Crippen molar-refractivity contribution in [2.45, 2.75) is 30.2 Å². The number of nitrogens with one attached hydrogen (secondary N) is 1. The number of fused-ring (bicyclic) bond motifs is 1. The van der Waals surface area contributed by atoms with E-state index < -0.39 is 16.1 Å². The molecule has 0 radical (unpaired) electrons. The van der Waals surface area contributed by atoms with Gasteiger partial charge in [-0.1, -0.05) is 6.42 Å². The zero-order valence-electron chi connectivity index (χ0n) is 15.6. The average molecular weight is 398 g/mol. The van der Waals surface area contributed by atoms with Gasteiger partial charge in [-0.05, 0) is 25.0 Å². The molecule has 0 aromatic heterocycles. The number of amides is 1. The third kappa shape index (κ3) is 4.04. The molecule has 8 nitrogen and oxygen atoms in total. The Labute approximate surface area is 159 Å². The molecule has 1 aliphatic carbocycles. The molecule has 2 fully saturated rings. The van der Waals surface area contributed by atoms with Gasteiger partial charge in [-0.15, -0.1) is 0 Å². The van der Waals surface area contributed by atoms with Crippen LogP contribution >= 0.6 is 0 Å². The van der Waals surface area contributed by atoms with Crippen molar-refractivity contribution in [1.82, 2.24) is 9.62 Å². The lowest BCUT2D eigenvalue weighted by molar-refractivity contribution is -0.126. The highest BCUT2D eigenvalue weighted by molar-refractivity contribution is 7.89. The summed E-state index contributed by atoms with van der Waals surface area (Å²) in [5.41, 5.74) is 0. The second kappa shape index (κ2) is 8.45. The first-order chi connectivity index (χ1) is 13.0. The van der Waals surface area contributed by atoms with Gasteiger partial charge in [0, 0.05) is 25.2 Å². The molecule has 0 bridgehead atoms. The van der Waals surface area contributed by atoms with Gasteiger partial charge in [-0.25, -0.2) is 8.42 Å². The largest absolute Gasteiger partial charge is 0.497 e. The summed E-state index contributed by atoms with van der Waals surface area (Å²) in [6, 6.07) is 4.28. The number of hydrogen-bond acceptors (Lipinski definition) is 6. The van der Waals surface area contributed by atoms with Crippen LogP contribution in [-0.4, -0.2) is 65.2 Å². The summed E-state index contributed by atoms with van der Waals surface area (Å²) in [6.07, 6.45) is 2.13. The first-order valence-corrected chi connectivity index (χ1v) is 10.5. The predicted octanol–water partition coefficient (Wildman–Crippen LogP) is 1.01. The van der Waals surface area contributed by atoms with Gasteiger partial charge < -0.3 is 19.5 Å². The number of carbonyl (C=O) groups is 1. The predicted molar refractivity (Wildman–Crippen MR) is 98.4 cm³/mol. The monoisotopic (exact) mass is 398 g/mol. The molecule has 0 unspecified atom stereocenters. The molecule has 9 heteroatoms. The van der Waals surface area contributed by atoms with Crippen LogP contribution < -0.4 is 14.8 Å². The minimum absolute atomic E-state index is 0.0347. The lowest BCUT2D eigenvalue weighted by Crippen LogP contribution is -2.49. The Balaban J connectivity index is 2.03. The van der Waals surface area contributed by atoms with Crippen LogP contribution in [-0.2, 0) is 19.6 Å². The van der Waals surface area contributed by atoms with Crippen molar-refractivity contribution in [3.8, 4) is 11.5 Å². The zero-order valence-corrected chi connectivity index (χ0v) is 16.5. The van der Waals surface area contributed by atoms with Crippen LogP contribution in [0.25, 0.3) is 0 Å². The molecule has 1 saturated heterocycles. The van der Waals surface area contributed by atoms with Crippen LogP contribution in [0.5, 0.6) is 11.5 Å². The average Bonchev–Trinajstić information content (AvgIpc) is 3.15. The summed E-state index contributed by atoms with van der Waals surface area (Å²) in [5, 5.41) is 2.85. The fraction of sp³-hybridized carbons (Fsp3) is 0.611. The summed E-state index contributed by atoms with van der Waals surface area (Å²) >= 11 is 0. The van der Waals surface area contributed by atoms with Crippen molar-refractivity contribution < 1.29 is 27.4 Å². The topological polar surface area (TPSA) is 94.2 Å².